The van der Waals surface area contributed by atoms with Gasteiger partial charge in [0.2, 0.25) is 0 Å². The van der Waals surface area contributed by atoms with Gasteiger partial charge in [0, 0.05) is 13.5 Å². The highest BCUT2D eigenvalue weighted by Crippen LogP contribution is 2.01. The number of methoxy groups -OCH3 is 1. The maximum absolute atomic E-state index is 10.1. The fourth-order valence-electron chi connectivity index (χ4n) is 0.530. The van der Waals surface area contributed by atoms with Gasteiger partial charge in [0.25, 0.3) is 0 Å². The van der Waals surface area contributed by atoms with Crippen molar-refractivity contribution in [2.24, 2.45) is 0 Å². The highest BCUT2D eigenvalue weighted by molar-refractivity contribution is 5.56. The molecule has 0 bridgehead atoms. The maximum atomic E-state index is 10.1. The van der Waals surface area contributed by atoms with Gasteiger partial charge in [0.1, 0.15) is 12.4 Å². The van der Waals surface area contributed by atoms with Crippen LogP contribution in [-0.4, -0.2) is 19.5 Å². The van der Waals surface area contributed by atoms with Gasteiger partial charge in [0.15, 0.2) is 0 Å². The third kappa shape index (κ3) is 3.91. The highest BCUT2D eigenvalue weighted by atomic mass is 16.5. The lowest BCUT2D eigenvalue weighted by Gasteiger charge is -2.05. The molecule has 2 nitrogen and oxygen atoms in total. The molecule has 0 amide bonds. The number of carbonyl (C=O) groups excluding carboxylic acids is 1. The zero-order valence-corrected chi connectivity index (χ0v) is 5.89. The summed E-state index contributed by atoms with van der Waals surface area (Å²) in [6.45, 7) is 5.52. The zero-order chi connectivity index (χ0) is 7.28. The molecular weight excluding hydrogens is 116 g/mol. The quantitative estimate of drug-likeness (QED) is 0.419. The summed E-state index contributed by atoms with van der Waals surface area (Å²) in [5.41, 5.74) is 0.967. The van der Waals surface area contributed by atoms with E-state index in [9.17, 15) is 4.79 Å². The van der Waals surface area contributed by atoms with Crippen molar-refractivity contribution in [1.82, 2.24) is 0 Å². The molecule has 0 radical (unpaired) electrons. The predicted octanol–water partition coefficient (Wildman–Crippen LogP) is 1.17. The smallest absolute Gasteiger partial charge is 0.149 e. The first-order valence-corrected chi connectivity index (χ1v) is 2.83. The molecule has 0 aliphatic rings. The first kappa shape index (κ1) is 8.37. The van der Waals surface area contributed by atoms with E-state index in [1.807, 2.05) is 6.92 Å². The third-order valence-electron chi connectivity index (χ3n) is 1.00. The standard InChI is InChI=1S/C7H12O2/c1-6(2)4-7(5-8)9-3/h5,7H,1,4H2,2-3H3/t7-/m1/s1. The molecule has 0 unspecified atom stereocenters. The summed E-state index contributed by atoms with van der Waals surface area (Å²) in [5, 5.41) is 0. The Labute approximate surface area is 55.5 Å². The Balaban J connectivity index is 3.55. The van der Waals surface area contributed by atoms with Crippen LogP contribution in [-0.2, 0) is 9.53 Å². The highest BCUT2D eigenvalue weighted by Gasteiger charge is 2.02. The van der Waals surface area contributed by atoms with Crippen molar-refractivity contribution in [1.29, 1.82) is 0 Å². The van der Waals surface area contributed by atoms with Crippen LogP contribution in [0.15, 0.2) is 12.2 Å². The topological polar surface area (TPSA) is 26.3 Å². The number of rotatable bonds is 4. The minimum Gasteiger partial charge on any atom is -0.374 e. The SMILES string of the molecule is C=C(C)C[C@H](C=O)OC. The summed E-state index contributed by atoms with van der Waals surface area (Å²) in [4.78, 5) is 10.1. The van der Waals surface area contributed by atoms with E-state index in [4.69, 9.17) is 4.74 Å². The molecule has 0 heterocycles. The van der Waals surface area contributed by atoms with E-state index in [2.05, 4.69) is 6.58 Å². The normalized spacial score (nSPS) is 12.7. The molecule has 0 aliphatic heterocycles. The molecule has 2 heteroatoms. The molecule has 0 aromatic rings. The van der Waals surface area contributed by atoms with Crippen LogP contribution in [0.5, 0.6) is 0 Å². The van der Waals surface area contributed by atoms with Gasteiger partial charge in [-0.25, -0.2) is 0 Å². The van der Waals surface area contributed by atoms with Crippen LogP contribution in [0.2, 0.25) is 0 Å². The Hall–Kier alpha value is -0.630. The Morgan fingerprint density at radius 1 is 1.89 bits per heavy atom. The zero-order valence-electron chi connectivity index (χ0n) is 5.89. The van der Waals surface area contributed by atoms with Crippen LogP contribution >= 0.6 is 0 Å². The van der Waals surface area contributed by atoms with Crippen LogP contribution in [0.4, 0.5) is 0 Å². The van der Waals surface area contributed by atoms with Gasteiger partial charge in [-0.15, -0.1) is 6.58 Å². The van der Waals surface area contributed by atoms with Gasteiger partial charge >= 0.3 is 0 Å². The summed E-state index contributed by atoms with van der Waals surface area (Å²) >= 11 is 0. The Bertz CT molecular complexity index is 107. The van der Waals surface area contributed by atoms with E-state index in [1.54, 1.807) is 0 Å². The molecule has 0 aromatic carbocycles. The number of ether oxygens (including phenoxy) is 1. The van der Waals surface area contributed by atoms with E-state index in [0.717, 1.165) is 11.9 Å². The Morgan fingerprint density at radius 2 is 2.44 bits per heavy atom. The first-order chi connectivity index (χ1) is 4.20. The lowest BCUT2D eigenvalue weighted by molar-refractivity contribution is -0.116. The molecule has 0 fully saturated rings. The molecule has 1 atom stereocenters. The number of hydrogen-bond donors (Lipinski definition) is 0. The van der Waals surface area contributed by atoms with Crippen molar-refractivity contribution in [3.8, 4) is 0 Å². The summed E-state index contributed by atoms with van der Waals surface area (Å²) in [5.74, 6) is 0. The number of carbonyl (C=O) groups is 1. The number of aldehydes is 1. The van der Waals surface area contributed by atoms with E-state index >= 15 is 0 Å². The molecule has 0 rings (SSSR count). The van der Waals surface area contributed by atoms with Crippen molar-refractivity contribution < 1.29 is 9.53 Å². The van der Waals surface area contributed by atoms with Gasteiger partial charge < -0.3 is 9.53 Å². The summed E-state index contributed by atoms with van der Waals surface area (Å²) in [7, 11) is 1.52. The Kier molecular flexibility index (Phi) is 3.97. The van der Waals surface area contributed by atoms with E-state index < -0.39 is 0 Å². The van der Waals surface area contributed by atoms with Crippen molar-refractivity contribution in [2.45, 2.75) is 19.4 Å². The van der Waals surface area contributed by atoms with E-state index in [-0.39, 0.29) is 6.10 Å². The second kappa shape index (κ2) is 4.27. The van der Waals surface area contributed by atoms with Crippen LogP contribution in [0, 0.1) is 0 Å². The maximum Gasteiger partial charge on any atom is 0.149 e. The molecule has 0 N–H and O–H groups in total. The van der Waals surface area contributed by atoms with Crippen LogP contribution in [0.25, 0.3) is 0 Å². The monoisotopic (exact) mass is 128 g/mol. The van der Waals surface area contributed by atoms with Gasteiger partial charge in [-0.1, -0.05) is 5.57 Å². The molecular formula is C7H12O2. The van der Waals surface area contributed by atoms with Crippen LogP contribution < -0.4 is 0 Å². The summed E-state index contributed by atoms with van der Waals surface area (Å²) < 4.78 is 4.78. The molecule has 9 heavy (non-hydrogen) atoms. The molecule has 0 aromatic heterocycles. The fraction of sp³-hybridized carbons (Fsp3) is 0.571. The largest absolute Gasteiger partial charge is 0.374 e. The molecule has 52 valence electrons. The molecule has 0 spiro atoms. The average molecular weight is 128 g/mol. The molecule has 0 saturated carbocycles. The number of hydrogen-bond acceptors (Lipinski definition) is 2. The predicted molar refractivity (Wildman–Crippen MR) is 36.3 cm³/mol. The average Bonchev–Trinajstić information content (AvgIpc) is 1.82. The third-order valence-corrected chi connectivity index (χ3v) is 1.00. The minimum absolute atomic E-state index is 0.303. The van der Waals surface area contributed by atoms with E-state index in [0.29, 0.717) is 6.42 Å². The first-order valence-electron chi connectivity index (χ1n) is 2.83. The Morgan fingerprint density at radius 3 is 2.56 bits per heavy atom. The van der Waals surface area contributed by atoms with Crippen molar-refractivity contribution >= 4 is 6.29 Å². The van der Waals surface area contributed by atoms with Gasteiger partial charge in [0.05, 0.1) is 0 Å². The second-order valence-corrected chi connectivity index (χ2v) is 2.07. The summed E-state index contributed by atoms with van der Waals surface area (Å²) in [6.07, 6.45) is 1.11. The molecule has 0 aliphatic carbocycles. The van der Waals surface area contributed by atoms with Crippen molar-refractivity contribution in [3.63, 3.8) is 0 Å². The lowest BCUT2D eigenvalue weighted by atomic mass is 10.2. The lowest BCUT2D eigenvalue weighted by Crippen LogP contribution is -2.11. The van der Waals surface area contributed by atoms with Crippen LogP contribution in [0.1, 0.15) is 13.3 Å². The second-order valence-electron chi connectivity index (χ2n) is 2.07. The van der Waals surface area contributed by atoms with Crippen molar-refractivity contribution in [3.05, 3.63) is 12.2 Å². The van der Waals surface area contributed by atoms with Gasteiger partial charge in [-0.05, 0) is 6.92 Å². The van der Waals surface area contributed by atoms with Crippen LogP contribution in [0.3, 0.4) is 0 Å². The van der Waals surface area contributed by atoms with Gasteiger partial charge in [-0.3, -0.25) is 0 Å². The van der Waals surface area contributed by atoms with E-state index in [1.165, 1.54) is 7.11 Å². The summed E-state index contributed by atoms with van der Waals surface area (Å²) in [6, 6.07) is 0. The van der Waals surface area contributed by atoms with Crippen molar-refractivity contribution in [2.75, 3.05) is 7.11 Å². The van der Waals surface area contributed by atoms with Gasteiger partial charge in [-0.2, -0.15) is 0 Å². The fourth-order valence-corrected chi connectivity index (χ4v) is 0.530. The molecule has 0 saturated heterocycles. The minimum atomic E-state index is -0.303.